The lowest BCUT2D eigenvalue weighted by Crippen LogP contribution is -2.52. The van der Waals surface area contributed by atoms with Crippen molar-refractivity contribution in [1.29, 1.82) is 0 Å². The third-order valence-corrected chi connectivity index (χ3v) is 3.58. The number of benzene rings is 1. The maximum absolute atomic E-state index is 3.66. The van der Waals surface area contributed by atoms with Crippen molar-refractivity contribution in [2.45, 2.75) is 25.9 Å². The van der Waals surface area contributed by atoms with Gasteiger partial charge in [0, 0.05) is 25.2 Å². The van der Waals surface area contributed by atoms with Gasteiger partial charge in [0.1, 0.15) is 0 Å². The number of nitrogens with one attached hydrogen (secondary N) is 1. The van der Waals surface area contributed by atoms with Crippen LogP contribution in [0.1, 0.15) is 25.5 Å². The molecule has 1 aromatic carbocycles. The second kappa shape index (κ2) is 4.98. The van der Waals surface area contributed by atoms with Crippen LogP contribution in [-0.2, 0) is 0 Å². The van der Waals surface area contributed by atoms with Gasteiger partial charge < -0.3 is 10.2 Å². The zero-order chi connectivity index (χ0) is 11.5. The first-order chi connectivity index (χ1) is 7.68. The summed E-state index contributed by atoms with van der Waals surface area (Å²) in [6.07, 6.45) is 0. The molecule has 1 fully saturated rings. The average molecular weight is 218 g/mol. The van der Waals surface area contributed by atoms with E-state index in [-0.39, 0.29) is 0 Å². The highest BCUT2D eigenvalue weighted by Gasteiger charge is 2.27. The Labute approximate surface area is 98.7 Å². The lowest BCUT2D eigenvalue weighted by Gasteiger charge is -2.40. The van der Waals surface area contributed by atoms with Gasteiger partial charge in [-0.25, -0.2) is 0 Å². The van der Waals surface area contributed by atoms with Gasteiger partial charge in [-0.3, -0.25) is 0 Å². The van der Waals surface area contributed by atoms with E-state index in [1.54, 1.807) is 0 Å². The van der Waals surface area contributed by atoms with E-state index in [1.165, 1.54) is 5.56 Å². The molecule has 0 spiro atoms. The Morgan fingerprint density at radius 1 is 1.25 bits per heavy atom. The van der Waals surface area contributed by atoms with Crippen molar-refractivity contribution in [2.75, 3.05) is 20.1 Å². The Morgan fingerprint density at radius 2 is 1.94 bits per heavy atom. The van der Waals surface area contributed by atoms with Crippen LogP contribution in [-0.4, -0.2) is 31.1 Å². The van der Waals surface area contributed by atoms with Gasteiger partial charge in [-0.05, 0) is 18.5 Å². The normalized spacial score (nSPS) is 27.2. The quantitative estimate of drug-likeness (QED) is 0.819. The molecule has 16 heavy (non-hydrogen) atoms. The topological polar surface area (TPSA) is 15.3 Å². The summed E-state index contributed by atoms with van der Waals surface area (Å²) in [5.41, 5.74) is 1.40. The second-order valence-corrected chi connectivity index (χ2v) is 5.12. The Hall–Kier alpha value is -0.860. The van der Waals surface area contributed by atoms with Crippen LogP contribution in [0, 0.1) is 5.92 Å². The smallest absolute Gasteiger partial charge is 0.0449 e. The van der Waals surface area contributed by atoms with Gasteiger partial charge in [-0.2, -0.15) is 0 Å². The lowest BCUT2D eigenvalue weighted by molar-refractivity contribution is 0.128. The SMILES string of the molecule is CC(C)C1CNC(c2ccccc2)CN1C. The van der Waals surface area contributed by atoms with Crippen LogP contribution in [0.2, 0.25) is 0 Å². The highest BCUT2D eigenvalue weighted by Crippen LogP contribution is 2.21. The summed E-state index contributed by atoms with van der Waals surface area (Å²) in [7, 11) is 2.24. The van der Waals surface area contributed by atoms with Crippen LogP contribution >= 0.6 is 0 Å². The number of rotatable bonds is 2. The molecule has 0 saturated carbocycles. The molecule has 1 aliphatic rings. The molecule has 2 atom stereocenters. The summed E-state index contributed by atoms with van der Waals surface area (Å²) in [5, 5.41) is 3.66. The number of hydrogen-bond acceptors (Lipinski definition) is 2. The predicted molar refractivity (Wildman–Crippen MR) is 68.4 cm³/mol. The van der Waals surface area contributed by atoms with E-state index in [0.717, 1.165) is 13.1 Å². The minimum absolute atomic E-state index is 0.487. The van der Waals surface area contributed by atoms with E-state index in [9.17, 15) is 0 Å². The molecular weight excluding hydrogens is 196 g/mol. The molecule has 1 aliphatic heterocycles. The molecule has 1 heterocycles. The summed E-state index contributed by atoms with van der Waals surface area (Å²) >= 11 is 0. The van der Waals surface area contributed by atoms with Gasteiger partial charge >= 0.3 is 0 Å². The van der Waals surface area contributed by atoms with Crippen molar-refractivity contribution in [2.24, 2.45) is 5.92 Å². The van der Waals surface area contributed by atoms with Crippen LogP contribution in [0.15, 0.2) is 30.3 Å². The van der Waals surface area contributed by atoms with E-state index in [0.29, 0.717) is 18.0 Å². The minimum Gasteiger partial charge on any atom is -0.307 e. The molecule has 0 aliphatic carbocycles. The molecule has 0 aromatic heterocycles. The molecule has 0 amide bonds. The van der Waals surface area contributed by atoms with Gasteiger partial charge in [0.15, 0.2) is 0 Å². The Balaban J connectivity index is 2.03. The van der Waals surface area contributed by atoms with Crippen molar-refractivity contribution in [3.05, 3.63) is 35.9 Å². The van der Waals surface area contributed by atoms with E-state index in [4.69, 9.17) is 0 Å². The van der Waals surface area contributed by atoms with Gasteiger partial charge in [0.2, 0.25) is 0 Å². The van der Waals surface area contributed by atoms with Crippen molar-refractivity contribution in [3.63, 3.8) is 0 Å². The fourth-order valence-electron chi connectivity index (χ4n) is 2.56. The third kappa shape index (κ3) is 2.45. The zero-order valence-electron chi connectivity index (χ0n) is 10.5. The zero-order valence-corrected chi connectivity index (χ0v) is 10.5. The first kappa shape index (κ1) is 11.6. The predicted octanol–water partition coefficient (Wildman–Crippen LogP) is 2.29. The summed E-state index contributed by atoms with van der Waals surface area (Å²) in [6, 6.07) is 11.9. The van der Waals surface area contributed by atoms with Crippen LogP contribution in [0.3, 0.4) is 0 Å². The fourth-order valence-corrected chi connectivity index (χ4v) is 2.56. The van der Waals surface area contributed by atoms with Crippen LogP contribution in [0.25, 0.3) is 0 Å². The summed E-state index contributed by atoms with van der Waals surface area (Å²) in [5.74, 6) is 0.717. The fraction of sp³-hybridized carbons (Fsp3) is 0.571. The molecular formula is C14H22N2. The van der Waals surface area contributed by atoms with E-state index >= 15 is 0 Å². The maximum atomic E-state index is 3.66. The molecule has 1 N–H and O–H groups in total. The molecule has 1 aromatic rings. The van der Waals surface area contributed by atoms with Gasteiger partial charge in [-0.1, -0.05) is 44.2 Å². The summed E-state index contributed by atoms with van der Waals surface area (Å²) in [4.78, 5) is 2.48. The number of piperazine rings is 1. The second-order valence-electron chi connectivity index (χ2n) is 5.12. The Kier molecular flexibility index (Phi) is 3.62. The molecule has 2 nitrogen and oxygen atoms in total. The van der Waals surface area contributed by atoms with E-state index in [1.807, 2.05) is 0 Å². The molecule has 88 valence electrons. The molecule has 2 unspecified atom stereocenters. The maximum Gasteiger partial charge on any atom is 0.0449 e. The van der Waals surface area contributed by atoms with Gasteiger partial charge in [-0.15, -0.1) is 0 Å². The molecule has 0 radical (unpaired) electrons. The van der Waals surface area contributed by atoms with Crippen molar-refractivity contribution >= 4 is 0 Å². The van der Waals surface area contributed by atoms with Crippen molar-refractivity contribution in [3.8, 4) is 0 Å². The Morgan fingerprint density at radius 3 is 2.50 bits per heavy atom. The summed E-state index contributed by atoms with van der Waals surface area (Å²) in [6.45, 7) is 6.79. The van der Waals surface area contributed by atoms with Crippen LogP contribution < -0.4 is 5.32 Å². The first-order valence-electron chi connectivity index (χ1n) is 6.17. The van der Waals surface area contributed by atoms with E-state index in [2.05, 4.69) is 61.4 Å². The van der Waals surface area contributed by atoms with Crippen molar-refractivity contribution in [1.82, 2.24) is 10.2 Å². The highest BCUT2D eigenvalue weighted by atomic mass is 15.2. The first-order valence-corrected chi connectivity index (χ1v) is 6.17. The molecule has 1 saturated heterocycles. The molecule has 0 bridgehead atoms. The van der Waals surface area contributed by atoms with Crippen LogP contribution in [0.4, 0.5) is 0 Å². The monoisotopic (exact) mass is 218 g/mol. The number of hydrogen-bond donors (Lipinski definition) is 1. The van der Waals surface area contributed by atoms with Crippen molar-refractivity contribution < 1.29 is 0 Å². The molecule has 2 rings (SSSR count). The Bertz CT molecular complexity index is 321. The third-order valence-electron chi connectivity index (χ3n) is 3.58. The largest absolute Gasteiger partial charge is 0.307 e. The highest BCUT2D eigenvalue weighted by molar-refractivity contribution is 5.20. The molecule has 2 heteroatoms. The van der Waals surface area contributed by atoms with Gasteiger partial charge in [0.25, 0.3) is 0 Å². The summed E-state index contributed by atoms with van der Waals surface area (Å²) < 4.78 is 0. The number of likely N-dealkylation sites (N-methyl/N-ethyl adjacent to an activating group) is 1. The average Bonchev–Trinajstić information content (AvgIpc) is 2.29. The van der Waals surface area contributed by atoms with Gasteiger partial charge in [0.05, 0.1) is 0 Å². The lowest BCUT2D eigenvalue weighted by atomic mass is 9.96. The van der Waals surface area contributed by atoms with Crippen LogP contribution in [0.5, 0.6) is 0 Å². The van der Waals surface area contributed by atoms with E-state index < -0.39 is 0 Å². The minimum atomic E-state index is 0.487. The number of nitrogens with zero attached hydrogens (tertiary/aromatic N) is 1. The standard InChI is InChI=1S/C14H22N2/c1-11(2)14-9-15-13(10-16(14)3)12-7-5-4-6-8-12/h4-8,11,13-15H,9-10H2,1-3H3.